The van der Waals surface area contributed by atoms with Crippen LogP contribution in [-0.4, -0.2) is 24.7 Å². The Bertz CT molecular complexity index is 855. The molecule has 2 unspecified atom stereocenters. The number of carbonyl (C=O) groups is 1. The Kier molecular flexibility index (Phi) is 5.54. The van der Waals surface area contributed by atoms with Crippen LogP contribution in [0, 0.1) is 13.8 Å². The van der Waals surface area contributed by atoms with Gasteiger partial charge in [-0.3, -0.25) is 4.79 Å². The SMILES string of the molecule is COc1ccc2c(c1)C(NC(=O)C(C)Oc1cc(C)cc(C)c1)CC(C)(C)O2. The number of methoxy groups -OCH3 is 1. The third kappa shape index (κ3) is 4.58. The van der Waals surface area contributed by atoms with Crippen molar-refractivity contribution in [3.8, 4) is 17.2 Å². The summed E-state index contributed by atoms with van der Waals surface area (Å²) in [6.45, 7) is 9.84. The van der Waals surface area contributed by atoms with E-state index in [1.807, 2.05) is 58.0 Å². The van der Waals surface area contributed by atoms with Crippen molar-refractivity contribution in [3.05, 3.63) is 53.1 Å². The molecular weight excluding hydrogens is 354 g/mol. The molecular formula is C23H29NO4. The minimum atomic E-state index is -0.610. The highest BCUT2D eigenvalue weighted by atomic mass is 16.5. The fraction of sp³-hybridized carbons (Fsp3) is 0.435. The third-order valence-corrected chi connectivity index (χ3v) is 4.87. The van der Waals surface area contributed by atoms with Crippen molar-refractivity contribution in [1.82, 2.24) is 5.32 Å². The Labute approximate surface area is 167 Å². The first-order valence-corrected chi connectivity index (χ1v) is 9.59. The molecule has 0 radical (unpaired) electrons. The van der Waals surface area contributed by atoms with Gasteiger partial charge in [0.2, 0.25) is 0 Å². The van der Waals surface area contributed by atoms with E-state index in [0.717, 1.165) is 28.2 Å². The number of ether oxygens (including phenoxy) is 3. The Morgan fingerprint density at radius 3 is 2.46 bits per heavy atom. The average Bonchev–Trinajstić information content (AvgIpc) is 2.59. The summed E-state index contributed by atoms with van der Waals surface area (Å²) >= 11 is 0. The van der Waals surface area contributed by atoms with E-state index >= 15 is 0 Å². The first-order chi connectivity index (χ1) is 13.2. The Morgan fingerprint density at radius 2 is 1.82 bits per heavy atom. The smallest absolute Gasteiger partial charge is 0.261 e. The molecule has 0 saturated carbocycles. The number of fused-ring (bicyclic) bond motifs is 1. The van der Waals surface area contributed by atoms with Gasteiger partial charge < -0.3 is 19.5 Å². The molecule has 3 rings (SSSR count). The van der Waals surface area contributed by atoms with E-state index in [2.05, 4.69) is 11.4 Å². The van der Waals surface area contributed by atoms with Crippen LogP contribution in [0.2, 0.25) is 0 Å². The number of carbonyl (C=O) groups excluding carboxylic acids is 1. The van der Waals surface area contributed by atoms with Gasteiger partial charge in [0, 0.05) is 12.0 Å². The molecule has 5 heteroatoms. The van der Waals surface area contributed by atoms with E-state index < -0.39 is 6.10 Å². The molecule has 0 fully saturated rings. The third-order valence-electron chi connectivity index (χ3n) is 4.87. The topological polar surface area (TPSA) is 56.8 Å². The summed E-state index contributed by atoms with van der Waals surface area (Å²) < 4.78 is 17.3. The maximum Gasteiger partial charge on any atom is 0.261 e. The number of amides is 1. The van der Waals surface area contributed by atoms with Crippen LogP contribution < -0.4 is 19.5 Å². The Balaban J connectivity index is 1.77. The molecule has 1 N–H and O–H groups in total. The second-order valence-electron chi connectivity index (χ2n) is 8.11. The lowest BCUT2D eigenvalue weighted by molar-refractivity contribution is -0.128. The number of hydrogen-bond donors (Lipinski definition) is 1. The van der Waals surface area contributed by atoms with Crippen LogP contribution in [0.25, 0.3) is 0 Å². The lowest BCUT2D eigenvalue weighted by Crippen LogP contribution is -2.44. The normalized spacial score (nSPS) is 18.4. The monoisotopic (exact) mass is 383 g/mol. The molecule has 1 aliphatic rings. The van der Waals surface area contributed by atoms with Crippen molar-refractivity contribution in [3.63, 3.8) is 0 Å². The van der Waals surface area contributed by atoms with E-state index in [1.165, 1.54) is 0 Å². The van der Waals surface area contributed by atoms with Gasteiger partial charge in [0.25, 0.3) is 5.91 Å². The number of benzene rings is 2. The lowest BCUT2D eigenvalue weighted by atomic mass is 9.89. The average molecular weight is 383 g/mol. The molecule has 0 aliphatic carbocycles. The van der Waals surface area contributed by atoms with Gasteiger partial charge in [-0.2, -0.15) is 0 Å². The summed E-state index contributed by atoms with van der Waals surface area (Å²) in [4.78, 5) is 12.9. The van der Waals surface area contributed by atoms with Gasteiger partial charge in [-0.15, -0.1) is 0 Å². The summed E-state index contributed by atoms with van der Waals surface area (Å²) in [6.07, 6.45) is 0.0519. The van der Waals surface area contributed by atoms with Crippen LogP contribution in [0.3, 0.4) is 0 Å². The summed E-state index contributed by atoms with van der Waals surface area (Å²) in [5.74, 6) is 2.05. The highest BCUT2D eigenvalue weighted by Crippen LogP contribution is 2.41. The summed E-state index contributed by atoms with van der Waals surface area (Å²) in [5, 5.41) is 3.13. The van der Waals surface area contributed by atoms with Gasteiger partial charge in [-0.25, -0.2) is 0 Å². The first kappa shape index (κ1) is 20.1. The molecule has 5 nitrogen and oxygen atoms in total. The summed E-state index contributed by atoms with van der Waals surface area (Å²) in [5.41, 5.74) is 2.76. The molecule has 1 heterocycles. The molecule has 150 valence electrons. The molecule has 2 aromatic rings. The van der Waals surface area contributed by atoms with Crippen molar-refractivity contribution >= 4 is 5.91 Å². The van der Waals surface area contributed by atoms with Crippen molar-refractivity contribution in [1.29, 1.82) is 0 Å². The molecule has 28 heavy (non-hydrogen) atoms. The van der Waals surface area contributed by atoms with E-state index in [0.29, 0.717) is 12.2 Å². The second-order valence-corrected chi connectivity index (χ2v) is 8.11. The number of hydrogen-bond acceptors (Lipinski definition) is 4. The van der Waals surface area contributed by atoms with Gasteiger partial charge in [0.05, 0.1) is 13.2 Å². The van der Waals surface area contributed by atoms with Crippen LogP contribution in [0.1, 0.15) is 49.9 Å². The number of aryl methyl sites for hydroxylation is 2. The highest BCUT2D eigenvalue weighted by molar-refractivity contribution is 5.81. The Morgan fingerprint density at radius 1 is 1.14 bits per heavy atom. The maximum absolute atomic E-state index is 12.9. The van der Waals surface area contributed by atoms with Gasteiger partial charge in [0.15, 0.2) is 6.10 Å². The molecule has 0 spiro atoms. The van der Waals surface area contributed by atoms with E-state index in [9.17, 15) is 4.79 Å². The highest BCUT2D eigenvalue weighted by Gasteiger charge is 2.35. The van der Waals surface area contributed by atoms with E-state index in [1.54, 1.807) is 14.0 Å². The number of rotatable bonds is 5. The molecule has 2 aromatic carbocycles. The van der Waals surface area contributed by atoms with E-state index in [-0.39, 0.29) is 17.6 Å². The minimum Gasteiger partial charge on any atom is -0.497 e. The summed E-state index contributed by atoms with van der Waals surface area (Å²) in [6, 6.07) is 11.5. The van der Waals surface area contributed by atoms with Gasteiger partial charge in [-0.1, -0.05) is 6.07 Å². The molecule has 0 saturated heterocycles. The standard InChI is InChI=1S/C23H29NO4/c1-14-9-15(2)11-18(10-14)27-16(3)22(25)24-20-13-23(4,5)28-21-8-7-17(26-6)12-19(20)21/h7-12,16,20H,13H2,1-6H3,(H,24,25). The van der Waals surface area contributed by atoms with Crippen LogP contribution in [-0.2, 0) is 4.79 Å². The van der Waals surface area contributed by atoms with Crippen molar-refractivity contribution in [2.45, 2.75) is 58.8 Å². The second kappa shape index (κ2) is 7.74. The van der Waals surface area contributed by atoms with E-state index in [4.69, 9.17) is 14.2 Å². The van der Waals surface area contributed by atoms with Crippen LogP contribution in [0.4, 0.5) is 0 Å². The summed E-state index contributed by atoms with van der Waals surface area (Å²) in [7, 11) is 1.63. The molecule has 0 aromatic heterocycles. The molecule has 0 bridgehead atoms. The van der Waals surface area contributed by atoms with Gasteiger partial charge >= 0.3 is 0 Å². The molecule has 2 atom stereocenters. The molecule has 1 aliphatic heterocycles. The van der Waals surface area contributed by atoms with Crippen molar-refractivity contribution < 1.29 is 19.0 Å². The zero-order valence-electron chi connectivity index (χ0n) is 17.5. The number of nitrogens with one attached hydrogen (secondary N) is 1. The fourth-order valence-electron chi connectivity index (χ4n) is 3.64. The predicted octanol–water partition coefficient (Wildman–Crippen LogP) is 4.50. The zero-order valence-corrected chi connectivity index (χ0v) is 17.5. The Hall–Kier alpha value is -2.69. The van der Waals surface area contributed by atoms with Crippen molar-refractivity contribution in [2.75, 3.05) is 7.11 Å². The maximum atomic E-state index is 12.9. The minimum absolute atomic E-state index is 0.157. The van der Waals surface area contributed by atoms with Crippen molar-refractivity contribution in [2.24, 2.45) is 0 Å². The van der Waals surface area contributed by atoms with Crippen LogP contribution >= 0.6 is 0 Å². The largest absolute Gasteiger partial charge is 0.497 e. The first-order valence-electron chi connectivity index (χ1n) is 9.59. The van der Waals surface area contributed by atoms with Crippen LogP contribution in [0.15, 0.2) is 36.4 Å². The van der Waals surface area contributed by atoms with Gasteiger partial charge in [0.1, 0.15) is 22.8 Å². The van der Waals surface area contributed by atoms with Gasteiger partial charge in [-0.05, 0) is 76.1 Å². The lowest BCUT2D eigenvalue weighted by Gasteiger charge is -2.38. The molecule has 1 amide bonds. The predicted molar refractivity (Wildman–Crippen MR) is 109 cm³/mol. The fourth-order valence-corrected chi connectivity index (χ4v) is 3.64. The zero-order chi connectivity index (χ0) is 20.5. The quantitative estimate of drug-likeness (QED) is 0.826. The van der Waals surface area contributed by atoms with Crippen LogP contribution in [0.5, 0.6) is 17.2 Å².